The number of carbonyl (C=O) groups is 1. The number of para-hydroxylation sites is 2. The van der Waals surface area contributed by atoms with Crippen molar-refractivity contribution in [1.82, 2.24) is 4.90 Å². The van der Waals surface area contributed by atoms with E-state index in [1.54, 1.807) is 24.3 Å². The molecule has 0 aliphatic carbocycles. The Labute approximate surface area is 112 Å². The number of amides is 1. The maximum Gasteiger partial charge on any atom is 0.238 e. The van der Waals surface area contributed by atoms with E-state index in [2.05, 4.69) is 5.32 Å². The average Bonchev–Trinajstić information content (AvgIpc) is 2.35. The summed E-state index contributed by atoms with van der Waals surface area (Å²) in [7, 11) is -2.91. The third kappa shape index (κ3) is 3.93. The van der Waals surface area contributed by atoms with E-state index in [9.17, 15) is 13.2 Å². The standard InChI is InChI=1S/C12H17N3O3S/c13-10-3-1-2-4-11(10)14-12(16)9-15-5-7-19(17,18)8-6-15/h1-4H,5-9,13H2,(H,14,16). The van der Waals surface area contributed by atoms with E-state index in [0.29, 0.717) is 24.5 Å². The van der Waals surface area contributed by atoms with Crippen LogP contribution in [-0.4, -0.2) is 50.4 Å². The van der Waals surface area contributed by atoms with E-state index in [1.165, 1.54) is 0 Å². The van der Waals surface area contributed by atoms with Crippen molar-refractivity contribution in [3.05, 3.63) is 24.3 Å². The number of hydrogen-bond acceptors (Lipinski definition) is 5. The number of benzene rings is 1. The first kappa shape index (κ1) is 13.8. The Kier molecular flexibility index (Phi) is 4.06. The molecule has 6 nitrogen and oxygen atoms in total. The molecule has 1 saturated heterocycles. The summed E-state index contributed by atoms with van der Waals surface area (Å²) in [6.07, 6.45) is 0. The van der Waals surface area contributed by atoms with Gasteiger partial charge in [-0.2, -0.15) is 0 Å². The maximum atomic E-state index is 11.8. The molecule has 0 spiro atoms. The van der Waals surface area contributed by atoms with Crippen molar-refractivity contribution in [2.24, 2.45) is 0 Å². The lowest BCUT2D eigenvalue weighted by molar-refractivity contribution is -0.117. The highest BCUT2D eigenvalue weighted by molar-refractivity contribution is 7.91. The molecule has 0 aromatic heterocycles. The Morgan fingerprint density at radius 1 is 1.26 bits per heavy atom. The molecule has 1 aromatic carbocycles. The summed E-state index contributed by atoms with van der Waals surface area (Å²) in [5.41, 5.74) is 6.82. The van der Waals surface area contributed by atoms with Crippen LogP contribution in [0.3, 0.4) is 0 Å². The lowest BCUT2D eigenvalue weighted by Crippen LogP contribution is -2.43. The number of nitrogens with zero attached hydrogens (tertiary/aromatic N) is 1. The molecule has 0 unspecified atom stereocenters. The van der Waals surface area contributed by atoms with E-state index in [4.69, 9.17) is 5.73 Å². The van der Waals surface area contributed by atoms with Crippen molar-refractivity contribution in [2.45, 2.75) is 0 Å². The Bertz CT molecular complexity index is 557. The largest absolute Gasteiger partial charge is 0.397 e. The molecule has 1 aliphatic rings. The summed E-state index contributed by atoms with van der Waals surface area (Å²) in [5.74, 6) is 0.0545. The number of nitrogens with two attached hydrogens (primary N) is 1. The summed E-state index contributed by atoms with van der Waals surface area (Å²) in [4.78, 5) is 13.7. The molecule has 1 aromatic rings. The Morgan fingerprint density at radius 2 is 1.89 bits per heavy atom. The van der Waals surface area contributed by atoms with Crippen LogP contribution in [0.25, 0.3) is 0 Å². The minimum absolute atomic E-state index is 0.119. The van der Waals surface area contributed by atoms with Crippen LogP contribution < -0.4 is 11.1 Å². The van der Waals surface area contributed by atoms with E-state index < -0.39 is 9.84 Å². The second-order valence-electron chi connectivity index (χ2n) is 4.56. The van der Waals surface area contributed by atoms with Crippen molar-refractivity contribution in [3.63, 3.8) is 0 Å². The molecule has 19 heavy (non-hydrogen) atoms. The Morgan fingerprint density at radius 3 is 2.53 bits per heavy atom. The van der Waals surface area contributed by atoms with Crippen LogP contribution in [0.15, 0.2) is 24.3 Å². The third-order valence-corrected chi connectivity index (χ3v) is 4.65. The van der Waals surface area contributed by atoms with Crippen LogP contribution in [0, 0.1) is 0 Å². The van der Waals surface area contributed by atoms with Gasteiger partial charge in [-0.1, -0.05) is 12.1 Å². The van der Waals surface area contributed by atoms with Crippen LogP contribution in [0.1, 0.15) is 0 Å². The molecular weight excluding hydrogens is 266 g/mol. The molecule has 0 radical (unpaired) electrons. The highest BCUT2D eigenvalue weighted by atomic mass is 32.2. The lowest BCUT2D eigenvalue weighted by atomic mass is 10.2. The molecule has 0 atom stereocenters. The SMILES string of the molecule is Nc1ccccc1NC(=O)CN1CCS(=O)(=O)CC1. The smallest absolute Gasteiger partial charge is 0.238 e. The lowest BCUT2D eigenvalue weighted by Gasteiger charge is -2.25. The van der Waals surface area contributed by atoms with Gasteiger partial charge < -0.3 is 11.1 Å². The van der Waals surface area contributed by atoms with Gasteiger partial charge >= 0.3 is 0 Å². The quantitative estimate of drug-likeness (QED) is 0.758. The Balaban J connectivity index is 1.87. The van der Waals surface area contributed by atoms with E-state index in [-0.39, 0.29) is 24.0 Å². The van der Waals surface area contributed by atoms with Gasteiger partial charge in [-0.05, 0) is 12.1 Å². The predicted molar refractivity (Wildman–Crippen MR) is 74.6 cm³/mol. The zero-order valence-corrected chi connectivity index (χ0v) is 11.3. The van der Waals surface area contributed by atoms with Crippen LogP contribution in [0.4, 0.5) is 11.4 Å². The van der Waals surface area contributed by atoms with Gasteiger partial charge in [0.05, 0.1) is 29.4 Å². The monoisotopic (exact) mass is 283 g/mol. The van der Waals surface area contributed by atoms with E-state index in [0.717, 1.165) is 0 Å². The molecule has 1 aliphatic heterocycles. The van der Waals surface area contributed by atoms with Gasteiger partial charge in [-0.25, -0.2) is 8.42 Å². The minimum Gasteiger partial charge on any atom is -0.397 e. The van der Waals surface area contributed by atoms with Gasteiger partial charge in [0, 0.05) is 13.1 Å². The number of carbonyl (C=O) groups excluding carboxylic acids is 1. The fraction of sp³-hybridized carbons (Fsp3) is 0.417. The normalized spacial score (nSPS) is 18.9. The van der Waals surface area contributed by atoms with Gasteiger partial charge in [0.15, 0.2) is 9.84 Å². The topological polar surface area (TPSA) is 92.5 Å². The van der Waals surface area contributed by atoms with Crippen molar-refractivity contribution < 1.29 is 13.2 Å². The van der Waals surface area contributed by atoms with Crippen LogP contribution >= 0.6 is 0 Å². The molecule has 3 N–H and O–H groups in total. The number of nitrogen functional groups attached to an aromatic ring is 1. The summed E-state index contributed by atoms with van der Waals surface area (Å²) >= 11 is 0. The second-order valence-corrected chi connectivity index (χ2v) is 6.87. The van der Waals surface area contributed by atoms with Gasteiger partial charge in [0.2, 0.25) is 5.91 Å². The molecule has 1 heterocycles. The van der Waals surface area contributed by atoms with E-state index in [1.807, 2.05) is 4.90 Å². The van der Waals surface area contributed by atoms with Crippen molar-refractivity contribution in [2.75, 3.05) is 42.2 Å². The molecule has 1 amide bonds. The highest BCUT2D eigenvalue weighted by Crippen LogP contribution is 2.16. The zero-order valence-electron chi connectivity index (χ0n) is 10.5. The third-order valence-electron chi connectivity index (χ3n) is 3.04. The summed E-state index contributed by atoms with van der Waals surface area (Å²) in [5, 5.41) is 2.72. The number of rotatable bonds is 3. The fourth-order valence-corrected chi connectivity index (χ4v) is 3.19. The molecular formula is C12H17N3O3S. The first-order chi connectivity index (χ1) is 8.96. The number of anilines is 2. The molecule has 104 valence electrons. The van der Waals surface area contributed by atoms with Crippen LogP contribution in [0.2, 0.25) is 0 Å². The fourth-order valence-electron chi connectivity index (χ4n) is 1.91. The van der Waals surface area contributed by atoms with Gasteiger partial charge in [-0.3, -0.25) is 9.69 Å². The van der Waals surface area contributed by atoms with Gasteiger partial charge in [-0.15, -0.1) is 0 Å². The van der Waals surface area contributed by atoms with Crippen LogP contribution in [-0.2, 0) is 14.6 Å². The maximum absolute atomic E-state index is 11.8. The minimum atomic E-state index is -2.91. The first-order valence-electron chi connectivity index (χ1n) is 6.03. The van der Waals surface area contributed by atoms with Gasteiger partial charge in [0.25, 0.3) is 0 Å². The van der Waals surface area contributed by atoms with Crippen molar-refractivity contribution >= 4 is 27.1 Å². The zero-order chi connectivity index (χ0) is 13.9. The summed E-state index contributed by atoms with van der Waals surface area (Å²) in [6, 6.07) is 7.02. The number of hydrogen-bond donors (Lipinski definition) is 2. The van der Waals surface area contributed by atoms with Gasteiger partial charge in [0.1, 0.15) is 0 Å². The van der Waals surface area contributed by atoms with Crippen LogP contribution in [0.5, 0.6) is 0 Å². The molecule has 2 rings (SSSR count). The second kappa shape index (κ2) is 5.58. The van der Waals surface area contributed by atoms with Crippen molar-refractivity contribution in [3.8, 4) is 0 Å². The molecule has 0 saturated carbocycles. The number of nitrogens with one attached hydrogen (secondary N) is 1. The molecule has 7 heteroatoms. The highest BCUT2D eigenvalue weighted by Gasteiger charge is 2.22. The number of sulfone groups is 1. The molecule has 1 fully saturated rings. The molecule has 0 bridgehead atoms. The summed E-state index contributed by atoms with van der Waals surface area (Å²) in [6.45, 7) is 0.990. The summed E-state index contributed by atoms with van der Waals surface area (Å²) < 4.78 is 22.5. The van der Waals surface area contributed by atoms with E-state index >= 15 is 0 Å². The predicted octanol–water partition coefficient (Wildman–Crippen LogP) is -0.0623. The van der Waals surface area contributed by atoms with Crippen molar-refractivity contribution in [1.29, 1.82) is 0 Å². The average molecular weight is 283 g/mol. The first-order valence-corrected chi connectivity index (χ1v) is 7.85. The Hall–Kier alpha value is -1.60.